The van der Waals surface area contributed by atoms with E-state index in [-0.39, 0.29) is 11.7 Å². The fourth-order valence-corrected chi connectivity index (χ4v) is 3.63. The Hall–Kier alpha value is -0.920. The molecule has 104 valence electrons. The van der Waals surface area contributed by atoms with Crippen molar-refractivity contribution in [3.63, 3.8) is 0 Å². The van der Waals surface area contributed by atoms with Gasteiger partial charge in [-0.25, -0.2) is 17.5 Å². The first-order valence-corrected chi connectivity index (χ1v) is 8.09. The van der Waals surface area contributed by atoms with Crippen LogP contribution in [0.2, 0.25) is 0 Å². The molecular formula is C12H14BrFN2O2S. The van der Waals surface area contributed by atoms with Crippen molar-refractivity contribution in [2.45, 2.75) is 30.2 Å². The van der Waals surface area contributed by atoms with Gasteiger partial charge in [-0.05, 0) is 47.3 Å². The highest BCUT2D eigenvalue weighted by molar-refractivity contribution is 9.10. The van der Waals surface area contributed by atoms with Crippen molar-refractivity contribution in [1.82, 2.24) is 4.72 Å². The van der Waals surface area contributed by atoms with Crippen LogP contribution in [-0.2, 0) is 10.0 Å². The molecule has 0 amide bonds. The van der Waals surface area contributed by atoms with Gasteiger partial charge in [0.25, 0.3) is 0 Å². The van der Waals surface area contributed by atoms with Crippen LogP contribution in [0.25, 0.3) is 0 Å². The van der Waals surface area contributed by atoms with Crippen LogP contribution in [0.5, 0.6) is 0 Å². The number of hydrogen-bond donors (Lipinski definition) is 2. The topological polar surface area (TPSA) is 72.2 Å². The quantitative estimate of drug-likeness (QED) is 0.651. The third-order valence-corrected chi connectivity index (χ3v) is 5.15. The molecule has 7 heteroatoms. The van der Waals surface area contributed by atoms with E-state index in [1.54, 1.807) is 0 Å². The summed E-state index contributed by atoms with van der Waals surface area (Å²) in [5.74, 6) is -0.820. The zero-order chi connectivity index (χ0) is 14.0. The minimum Gasteiger partial charge on any atom is -0.398 e. The van der Waals surface area contributed by atoms with E-state index in [1.807, 2.05) is 12.2 Å². The van der Waals surface area contributed by atoms with Gasteiger partial charge in [0.05, 0.1) is 0 Å². The maximum atomic E-state index is 13.8. The van der Waals surface area contributed by atoms with Crippen molar-refractivity contribution in [3.8, 4) is 0 Å². The number of anilines is 1. The first kappa shape index (κ1) is 14.5. The maximum absolute atomic E-state index is 13.8. The van der Waals surface area contributed by atoms with E-state index < -0.39 is 20.7 Å². The zero-order valence-corrected chi connectivity index (χ0v) is 12.5. The Kier molecular flexibility index (Phi) is 4.27. The number of allylic oxidation sites excluding steroid dienone is 1. The summed E-state index contributed by atoms with van der Waals surface area (Å²) in [7, 11) is -3.89. The molecule has 0 spiro atoms. The molecule has 0 fully saturated rings. The molecule has 0 aliphatic heterocycles. The summed E-state index contributed by atoms with van der Waals surface area (Å²) < 4.78 is 40.9. The van der Waals surface area contributed by atoms with Crippen LogP contribution in [0.3, 0.4) is 0 Å². The first-order valence-electron chi connectivity index (χ1n) is 5.82. The van der Waals surface area contributed by atoms with E-state index in [2.05, 4.69) is 20.7 Å². The minimum absolute atomic E-state index is 0.185. The average Bonchev–Trinajstić information content (AvgIpc) is 2.34. The van der Waals surface area contributed by atoms with E-state index in [9.17, 15) is 12.8 Å². The third-order valence-electron chi connectivity index (χ3n) is 2.93. The predicted octanol–water partition coefficient (Wildman–Crippen LogP) is 2.56. The Labute approximate surface area is 120 Å². The number of rotatable bonds is 3. The van der Waals surface area contributed by atoms with E-state index >= 15 is 0 Å². The number of nitrogens with one attached hydrogen (secondary N) is 1. The standard InChI is InChI=1S/C12H14BrFN2O2S/c13-9-6-10(14)12(7-11(9)15)19(17,18)16-8-4-2-1-3-5-8/h1-2,6-8,16H,3-5,15H2. The molecule has 1 aliphatic rings. The molecule has 1 aromatic rings. The number of hydrogen-bond acceptors (Lipinski definition) is 3. The molecule has 1 unspecified atom stereocenters. The summed E-state index contributed by atoms with van der Waals surface area (Å²) >= 11 is 3.06. The maximum Gasteiger partial charge on any atom is 0.243 e. The number of nitrogen functional groups attached to an aromatic ring is 1. The molecule has 0 bridgehead atoms. The van der Waals surface area contributed by atoms with Crippen molar-refractivity contribution in [3.05, 3.63) is 34.6 Å². The molecule has 0 aromatic heterocycles. The second-order valence-electron chi connectivity index (χ2n) is 4.41. The van der Waals surface area contributed by atoms with Crippen LogP contribution in [-0.4, -0.2) is 14.5 Å². The molecule has 4 nitrogen and oxygen atoms in total. The molecule has 1 aliphatic carbocycles. The lowest BCUT2D eigenvalue weighted by atomic mass is 10.0. The summed E-state index contributed by atoms with van der Waals surface area (Å²) in [6, 6.07) is 1.99. The number of benzene rings is 1. The highest BCUT2D eigenvalue weighted by Crippen LogP contribution is 2.26. The summed E-state index contributed by atoms with van der Waals surface area (Å²) in [6.07, 6.45) is 6.07. The molecular weight excluding hydrogens is 335 g/mol. The van der Waals surface area contributed by atoms with Crippen LogP contribution in [0.15, 0.2) is 33.7 Å². The molecule has 1 aromatic carbocycles. The van der Waals surface area contributed by atoms with Gasteiger partial charge in [0.1, 0.15) is 10.7 Å². The van der Waals surface area contributed by atoms with Gasteiger partial charge in [0, 0.05) is 16.2 Å². The number of nitrogens with two attached hydrogens (primary N) is 1. The summed E-state index contributed by atoms with van der Waals surface area (Å²) in [5.41, 5.74) is 5.79. The second-order valence-corrected chi connectivity index (χ2v) is 6.94. The number of halogens is 2. The van der Waals surface area contributed by atoms with Crippen molar-refractivity contribution >= 4 is 31.6 Å². The van der Waals surface area contributed by atoms with Crippen molar-refractivity contribution in [1.29, 1.82) is 0 Å². The van der Waals surface area contributed by atoms with Gasteiger partial charge >= 0.3 is 0 Å². The molecule has 0 saturated carbocycles. The van der Waals surface area contributed by atoms with Gasteiger partial charge < -0.3 is 5.73 Å². The second kappa shape index (κ2) is 5.60. The SMILES string of the molecule is Nc1cc(S(=O)(=O)NC2CC=CCC2)c(F)cc1Br. The Morgan fingerprint density at radius 1 is 1.37 bits per heavy atom. The highest BCUT2D eigenvalue weighted by atomic mass is 79.9. The highest BCUT2D eigenvalue weighted by Gasteiger charge is 2.24. The summed E-state index contributed by atoms with van der Waals surface area (Å²) in [4.78, 5) is -0.414. The van der Waals surface area contributed by atoms with Crippen molar-refractivity contribution in [2.24, 2.45) is 0 Å². The molecule has 0 heterocycles. The monoisotopic (exact) mass is 348 g/mol. The van der Waals surface area contributed by atoms with Crippen molar-refractivity contribution in [2.75, 3.05) is 5.73 Å². The van der Waals surface area contributed by atoms with Crippen LogP contribution in [0.1, 0.15) is 19.3 Å². The zero-order valence-electron chi connectivity index (χ0n) is 10.1. The fraction of sp³-hybridized carbons (Fsp3) is 0.333. The van der Waals surface area contributed by atoms with E-state index in [0.29, 0.717) is 17.3 Å². The molecule has 0 saturated heterocycles. The van der Waals surface area contributed by atoms with Gasteiger partial charge in [-0.3, -0.25) is 0 Å². The fourth-order valence-electron chi connectivity index (χ4n) is 1.93. The van der Waals surface area contributed by atoms with Crippen LogP contribution in [0, 0.1) is 5.82 Å². The Morgan fingerprint density at radius 2 is 2.11 bits per heavy atom. The van der Waals surface area contributed by atoms with E-state index in [1.165, 1.54) is 0 Å². The lowest BCUT2D eigenvalue weighted by Crippen LogP contribution is -2.35. The summed E-state index contributed by atoms with van der Waals surface area (Å²) in [5, 5.41) is 0. The number of sulfonamides is 1. The Bertz CT molecular complexity index is 616. The Balaban J connectivity index is 2.29. The normalized spacial score (nSPS) is 19.6. The third kappa shape index (κ3) is 3.34. The Morgan fingerprint density at radius 3 is 2.74 bits per heavy atom. The van der Waals surface area contributed by atoms with Gasteiger partial charge in [-0.15, -0.1) is 0 Å². The van der Waals surface area contributed by atoms with Gasteiger partial charge in [0.2, 0.25) is 10.0 Å². The van der Waals surface area contributed by atoms with Crippen LogP contribution >= 0.6 is 15.9 Å². The largest absolute Gasteiger partial charge is 0.398 e. The molecule has 2 rings (SSSR count). The minimum atomic E-state index is -3.89. The lowest BCUT2D eigenvalue weighted by Gasteiger charge is -2.19. The lowest BCUT2D eigenvalue weighted by molar-refractivity contribution is 0.514. The average molecular weight is 349 g/mol. The van der Waals surface area contributed by atoms with Gasteiger partial charge in [0.15, 0.2) is 0 Å². The van der Waals surface area contributed by atoms with E-state index in [0.717, 1.165) is 18.6 Å². The predicted molar refractivity (Wildman–Crippen MR) is 75.6 cm³/mol. The smallest absolute Gasteiger partial charge is 0.243 e. The van der Waals surface area contributed by atoms with Crippen molar-refractivity contribution < 1.29 is 12.8 Å². The molecule has 3 N–H and O–H groups in total. The van der Waals surface area contributed by atoms with Gasteiger partial charge in [-0.2, -0.15) is 0 Å². The molecule has 0 radical (unpaired) electrons. The molecule has 1 atom stereocenters. The first-order chi connectivity index (χ1) is 8.90. The molecule has 19 heavy (non-hydrogen) atoms. The van der Waals surface area contributed by atoms with Crippen LogP contribution < -0.4 is 10.5 Å². The summed E-state index contributed by atoms with van der Waals surface area (Å²) in [6.45, 7) is 0. The van der Waals surface area contributed by atoms with Gasteiger partial charge in [-0.1, -0.05) is 12.2 Å². The van der Waals surface area contributed by atoms with Crippen LogP contribution in [0.4, 0.5) is 10.1 Å². The van der Waals surface area contributed by atoms with E-state index in [4.69, 9.17) is 5.73 Å².